The molecule has 1 aromatic carbocycles. The number of aliphatic imine (C=N–C) groups is 1. The molecule has 150 valence electrons. The Morgan fingerprint density at radius 1 is 1.21 bits per heavy atom. The van der Waals surface area contributed by atoms with Gasteiger partial charge in [-0.3, -0.25) is 9.79 Å². The van der Waals surface area contributed by atoms with E-state index in [0.29, 0.717) is 19.0 Å². The van der Waals surface area contributed by atoms with E-state index >= 15 is 0 Å². The number of benzene rings is 1. The molecule has 1 amide bonds. The van der Waals surface area contributed by atoms with E-state index in [9.17, 15) is 4.79 Å². The summed E-state index contributed by atoms with van der Waals surface area (Å²) in [6.07, 6.45) is 7.92. The first-order valence-corrected chi connectivity index (χ1v) is 9.79. The van der Waals surface area contributed by atoms with Gasteiger partial charge in [-0.15, -0.1) is 0 Å². The molecule has 1 fully saturated rings. The summed E-state index contributed by atoms with van der Waals surface area (Å²) in [7, 11) is 5.41. The number of carbonyl (C=O) groups excluding carboxylic acids is 1. The number of para-hydroxylation sites is 1. The van der Waals surface area contributed by atoms with Crippen molar-refractivity contribution < 1.29 is 4.79 Å². The van der Waals surface area contributed by atoms with E-state index in [-0.39, 0.29) is 11.3 Å². The Balaban J connectivity index is 1.57. The molecule has 7 nitrogen and oxygen atoms in total. The van der Waals surface area contributed by atoms with Gasteiger partial charge in [0.05, 0.1) is 17.3 Å². The van der Waals surface area contributed by atoms with Crippen LogP contribution in [0.2, 0.25) is 0 Å². The summed E-state index contributed by atoms with van der Waals surface area (Å²) in [5.74, 6) is 0.905. The van der Waals surface area contributed by atoms with Crippen LogP contribution < -0.4 is 10.6 Å². The monoisotopic (exact) mass is 382 g/mol. The quantitative estimate of drug-likeness (QED) is 0.593. The minimum atomic E-state index is -0.320. The maximum atomic E-state index is 12.7. The van der Waals surface area contributed by atoms with E-state index in [0.717, 1.165) is 36.9 Å². The zero-order valence-electron chi connectivity index (χ0n) is 17.0. The van der Waals surface area contributed by atoms with Crippen LogP contribution in [-0.2, 0) is 11.3 Å². The van der Waals surface area contributed by atoms with Crippen LogP contribution in [0.1, 0.15) is 31.2 Å². The molecule has 2 N–H and O–H groups in total. The summed E-state index contributed by atoms with van der Waals surface area (Å²) in [4.78, 5) is 18.7. The van der Waals surface area contributed by atoms with Crippen LogP contribution in [0.4, 0.5) is 0 Å². The lowest BCUT2D eigenvalue weighted by Crippen LogP contribution is -2.49. The van der Waals surface area contributed by atoms with Crippen molar-refractivity contribution in [1.29, 1.82) is 0 Å². The predicted octanol–water partition coefficient (Wildman–Crippen LogP) is 2.19. The third-order valence-corrected chi connectivity index (χ3v) is 5.36. The first-order valence-electron chi connectivity index (χ1n) is 9.79. The number of hydrogen-bond donors (Lipinski definition) is 2. The molecule has 0 aliphatic heterocycles. The average molecular weight is 383 g/mol. The number of nitrogens with zero attached hydrogens (tertiary/aromatic N) is 4. The molecule has 0 radical (unpaired) electrons. The van der Waals surface area contributed by atoms with Crippen LogP contribution >= 0.6 is 0 Å². The van der Waals surface area contributed by atoms with Crippen molar-refractivity contribution in [1.82, 2.24) is 25.3 Å². The van der Waals surface area contributed by atoms with Crippen molar-refractivity contribution >= 4 is 11.9 Å². The second kappa shape index (κ2) is 8.91. The Kier molecular flexibility index (Phi) is 6.34. The van der Waals surface area contributed by atoms with Crippen LogP contribution in [0.15, 0.2) is 47.7 Å². The van der Waals surface area contributed by atoms with Gasteiger partial charge in [0, 0.05) is 46.0 Å². The van der Waals surface area contributed by atoms with Crippen LogP contribution in [0, 0.1) is 5.41 Å². The van der Waals surface area contributed by atoms with E-state index < -0.39 is 0 Å². The molecule has 1 saturated carbocycles. The zero-order valence-corrected chi connectivity index (χ0v) is 17.0. The fourth-order valence-electron chi connectivity index (χ4n) is 3.83. The van der Waals surface area contributed by atoms with Gasteiger partial charge in [0.2, 0.25) is 5.91 Å². The Hall–Kier alpha value is -2.83. The molecule has 0 unspecified atom stereocenters. The third-order valence-electron chi connectivity index (χ3n) is 5.36. The summed E-state index contributed by atoms with van der Waals surface area (Å²) >= 11 is 0. The summed E-state index contributed by atoms with van der Waals surface area (Å²) < 4.78 is 1.86. The van der Waals surface area contributed by atoms with Crippen LogP contribution in [0.5, 0.6) is 0 Å². The van der Waals surface area contributed by atoms with Gasteiger partial charge in [0.25, 0.3) is 0 Å². The maximum Gasteiger partial charge on any atom is 0.230 e. The van der Waals surface area contributed by atoms with Crippen LogP contribution in [0.25, 0.3) is 5.69 Å². The number of amides is 1. The molecule has 0 spiro atoms. The number of hydrogen-bond acceptors (Lipinski definition) is 3. The lowest BCUT2D eigenvalue weighted by atomic mass is 9.84. The molecule has 1 aliphatic rings. The fraction of sp³-hybridized carbons (Fsp3) is 0.476. The van der Waals surface area contributed by atoms with Crippen LogP contribution in [-0.4, -0.2) is 54.2 Å². The first kappa shape index (κ1) is 19.9. The standard InChI is InChI=1S/C21H30N6O/c1-22-20(24-16-21(11-7-8-12-21)19(28)26(2)3)23-13-17-14-25-27(15-17)18-9-5-4-6-10-18/h4-6,9-10,14-15H,7-8,11-13,16H2,1-3H3,(H2,22,23,24). The Morgan fingerprint density at radius 3 is 2.57 bits per heavy atom. The van der Waals surface area contributed by atoms with E-state index in [1.165, 1.54) is 0 Å². The molecule has 28 heavy (non-hydrogen) atoms. The second-order valence-electron chi connectivity index (χ2n) is 7.60. The van der Waals surface area contributed by atoms with Gasteiger partial charge in [-0.2, -0.15) is 5.10 Å². The molecule has 3 rings (SSSR count). The summed E-state index contributed by atoms with van der Waals surface area (Å²) in [5, 5.41) is 11.1. The average Bonchev–Trinajstić information content (AvgIpc) is 3.38. The molecule has 1 aromatic heterocycles. The number of carbonyl (C=O) groups is 1. The van der Waals surface area contributed by atoms with Gasteiger partial charge in [0.1, 0.15) is 0 Å². The van der Waals surface area contributed by atoms with E-state index in [1.807, 2.05) is 61.5 Å². The molecular weight excluding hydrogens is 352 g/mol. The van der Waals surface area contributed by atoms with Gasteiger partial charge in [0.15, 0.2) is 5.96 Å². The van der Waals surface area contributed by atoms with Crippen molar-refractivity contribution in [2.45, 2.75) is 32.2 Å². The smallest absolute Gasteiger partial charge is 0.230 e. The number of rotatable bonds is 6. The molecular formula is C21H30N6O. The van der Waals surface area contributed by atoms with Crippen LogP contribution in [0.3, 0.4) is 0 Å². The highest BCUT2D eigenvalue weighted by molar-refractivity contribution is 5.85. The van der Waals surface area contributed by atoms with Gasteiger partial charge in [-0.25, -0.2) is 4.68 Å². The van der Waals surface area contributed by atoms with E-state index in [2.05, 4.69) is 20.7 Å². The van der Waals surface area contributed by atoms with Crippen molar-refractivity contribution in [3.05, 3.63) is 48.3 Å². The number of guanidine groups is 1. The SMILES string of the molecule is CN=C(NCc1cnn(-c2ccccc2)c1)NCC1(C(=O)N(C)C)CCCC1. The highest BCUT2D eigenvalue weighted by Crippen LogP contribution is 2.38. The third kappa shape index (κ3) is 4.52. The lowest BCUT2D eigenvalue weighted by Gasteiger charge is -2.31. The fourth-order valence-corrected chi connectivity index (χ4v) is 3.83. The maximum absolute atomic E-state index is 12.7. The predicted molar refractivity (Wildman–Crippen MR) is 111 cm³/mol. The van der Waals surface area contributed by atoms with Gasteiger partial charge < -0.3 is 15.5 Å². The first-order chi connectivity index (χ1) is 13.5. The summed E-state index contributed by atoms with van der Waals surface area (Å²) in [6.45, 7) is 1.22. The van der Waals surface area contributed by atoms with Crippen molar-refractivity contribution in [2.75, 3.05) is 27.7 Å². The normalized spacial score (nSPS) is 16.0. The minimum Gasteiger partial charge on any atom is -0.355 e. The highest BCUT2D eigenvalue weighted by Gasteiger charge is 2.42. The number of aromatic nitrogens is 2. The van der Waals surface area contributed by atoms with E-state index in [1.54, 1.807) is 11.9 Å². The second-order valence-corrected chi connectivity index (χ2v) is 7.60. The highest BCUT2D eigenvalue weighted by atomic mass is 16.2. The van der Waals surface area contributed by atoms with Gasteiger partial charge >= 0.3 is 0 Å². The molecule has 1 heterocycles. The molecule has 7 heteroatoms. The molecule has 2 aromatic rings. The van der Waals surface area contributed by atoms with Gasteiger partial charge in [-0.05, 0) is 25.0 Å². The largest absolute Gasteiger partial charge is 0.355 e. The molecule has 0 saturated heterocycles. The summed E-state index contributed by atoms with van der Waals surface area (Å²) in [6, 6.07) is 10.0. The lowest BCUT2D eigenvalue weighted by molar-refractivity contribution is -0.138. The zero-order chi connectivity index (χ0) is 20.0. The van der Waals surface area contributed by atoms with Gasteiger partial charge in [-0.1, -0.05) is 31.0 Å². The molecule has 0 atom stereocenters. The Bertz CT molecular complexity index is 805. The molecule has 1 aliphatic carbocycles. The van der Waals surface area contributed by atoms with Crippen molar-refractivity contribution in [3.8, 4) is 5.69 Å². The Labute approximate surface area is 166 Å². The topological polar surface area (TPSA) is 74.5 Å². The van der Waals surface area contributed by atoms with Crippen molar-refractivity contribution in [3.63, 3.8) is 0 Å². The Morgan fingerprint density at radius 2 is 1.93 bits per heavy atom. The van der Waals surface area contributed by atoms with E-state index in [4.69, 9.17) is 0 Å². The minimum absolute atomic E-state index is 0.206. The van der Waals surface area contributed by atoms with Crippen molar-refractivity contribution in [2.24, 2.45) is 10.4 Å². The molecule has 0 bridgehead atoms. The summed E-state index contributed by atoms with van der Waals surface area (Å²) in [5.41, 5.74) is 1.77. The number of nitrogens with one attached hydrogen (secondary N) is 2.